The summed E-state index contributed by atoms with van der Waals surface area (Å²) in [7, 11) is 0. The predicted molar refractivity (Wildman–Crippen MR) is 296 cm³/mol. The number of carbonyl (C=O) groups excluding carboxylic acids is 1. The van der Waals surface area contributed by atoms with E-state index < -0.39 is 34.6 Å². The van der Waals surface area contributed by atoms with Crippen LogP contribution in [-0.4, -0.2) is 76.4 Å². The van der Waals surface area contributed by atoms with Crippen LogP contribution in [0.15, 0.2) is 125 Å². The molecule has 410 valence electrons. The summed E-state index contributed by atoms with van der Waals surface area (Å²) in [5.74, 6) is -1.14. The normalized spacial score (nSPS) is 20.9. The number of non-ortho nitro benzene ring substituents is 1. The summed E-state index contributed by atoms with van der Waals surface area (Å²) < 4.78 is 42.1. The van der Waals surface area contributed by atoms with Crippen LogP contribution in [0.1, 0.15) is 139 Å². The molecule has 3 aliphatic rings. The Bertz CT molecular complexity index is 2530. The molecule has 2 N–H and O–H groups in total. The van der Waals surface area contributed by atoms with E-state index in [1.807, 2.05) is 42.7 Å². The first kappa shape index (κ1) is 58.0. The molecule has 13 nitrogen and oxygen atoms in total. The van der Waals surface area contributed by atoms with Crippen LogP contribution in [0.5, 0.6) is 17.2 Å². The third kappa shape index (κ3) is 15.3. The number of unbranched alkanes of at least 4 members (excludes halogenated alkanes) is 11. The van der Waals surface area contributed by atoms with Gasteiger partial charge in [-0.1, -0.05) is 107 Å². The number of thioether (sulfide) groups is 1. The van der Waals surface area contributed by atoms with Crippen molar-refractivity contribution >= 4 is 29.3 Å². The van der Waals surface area contributed by atoms with Crippen LogP contribution in [-0.2, 0) is 27.5 Å². The van der Waals surface area contributed by atoms with Crippen LogP contribution >= 0.6 is 11.8 Å². The van der Waals surface area contributed by atoms with Gasteiger partial charge in [-0.25, -0.2) is 9.18 Å². The first-order valence-electron chi connectivity index (χ1n) is 27.6. The zero-order valence-electron chi connectivity index (χ0n) is 44.5. The van der Waals surface area contributed by atoms with E-state index in [9.17, 15) is 24.7 Å². The van der Waals surface area contributed by atoms with E-state index in [0.29, 0.717) is 53.3 Å². The molecule has 7 rings (SSSR count). The number of aliphatic hydroxyl groups excluding tert-OH is 2. The van der Waals surface area contributed by atoms with Gasteiger partial charge in [0, 0.05) is 54.7 Å². The van der Waals surface area contributed by atoms with Gasteiger partial charge in [0.2, 0.25) is 5.79 Å². The highest BCUT2D eigenvalue weighted by Crippen LogP contribution is 2.62. The lowest BCUT2D eigenvalue weighted by Gasteiger charge is -2.59. The van der Waals surface area contributed by atoms with Gasteiger partial charge in [-0.2, -0.15) is 0 Å². The van der Waals surface area contributed by atoms with E-state index in [1.54, 1.807) is 47.0 Å². The lowest BCUT2D eigenvalue weighted by atomic mass is 9.55. The number of benzene rings is 4. The molecule has 1 saturated carbocycles. The molecule has 0 bridgehead atoms. The molecule has 2 aliphatic carbocycles. The van der Waals surface area contributed by atoms with Gasteiger partial charge in [0.15, 0.2) is 0 Å². The quantitative estimate of drug-likeness (QED) is 0.0157. The van der Waals surface area contributed by atoms with Crippen molar-refractivity contribution in [2.75, 3.05) is 32.7 Å². The van der Waals surface area contributed by atoms with Gasteiger partial charge in [0.1, 0.15) is 35.7 Å². The Kier molecular flexibility index (Phi) is 22.6. The van der Waals surface area contributed by atoms with E-state index in [0.717, 1.165) is 61.0 Å². The monoisotopic (exact) mass is 1060 g/mol. The Balaban J connectivity index is 1.35. The molecule has 1 amide bonds. The maximum Gasteiger partial charge on any atom is 0.410 e. The third-order valence-electron chi connectivity index (χ3n) is 15.1. The summed E-state index contributed by atoms with van der Waals surface area (Å²) in [6.07, 6.45) is 21.0. The molecule has 6 atom stereocenters. The SMILES string of the molecule is C=CCO[C@@]12Oc3ccc(Oc4ccc(SC)cc4)cc3[C@H]3[C@H](CCCCO)[C@@H](CCCCO)C=C(C(=NOCc4ccc([N+](=O)[O-])cc4)C[C@@H]1N(Cc1ccc(F)cc1)C(=O)OCCCCCCCCCCCC)[C@H]32. The molecule has 0 saturated heterocycles. The van der Waals surface area contributed by atoms with E-state index >= 15 is 4.79 Å². The Labute approximate surface area is 453 Å². The summed E-state index contributed by atoms with van der Waals surface area (Å²) in [6.45, 7) is 6.69. The fraction of sp³-hybridized carbons (Fsp3) is 0.508. The van der Waals surface area contributed by atoms with Crippen LogP contribution in [0, 0.1) is 33.7 Å². The molecule has 76 heavy (non-hydrogen) atoms. The van der Waals surface area contributed by atoms with Gasteiger partial charge in [0.05, 0.1) is 29.8 Å². The largest absolute Gasteiger partial charge is 0.459 e. The van der Waals surface area contributed by atoms with Crippen molar-refractivity contribution in [3.63, 3.8) is 0 Å². The van der Waals surface area contributed by atoms with Gasteiger partial charge in [-0.3, -0.25) is 15.0 Å². The standard InChI is InChI=1S/C61H78FN3O10S/c1-4-6-7-8-9-10-11-12-13-18-38-71-60(68)64(42-44-21-25-47(62)26-22-44)57-41-55(63-73-43-45-23-27-48(28-24-45)65(69)70)53-39-46(19-14-16-35-66)52(20-15-17-36-67)58-54-40-50(74-49-29-32-51(76-3)33-30-49)31-34-56(54)75-61(57,59(53)58)72-37-5-2/h5,21-34,39-40,46,52,57-59,66-67H,2,4,6-20,35-38,41-43H2,1,3H3/t46-,52+,57-,58+,59+,61+/m0/s1. The van der Waals surface area contributed by atoms with Crippen LogP contribution in [0.25, 0.3) is 0 Å². The Morgan fingerprint density at radius 2 is 1.53 bits per heavy atom. The summed E-state index contributed by atoms with van der Waals surface area (Å²) in [5, 5.41) is 36.6. The summed E-state index contributed by atoms with van der Waals surface area (Å²) >= 11 is 1.65. The molecule has 15 heteroatoms. The third-order valence-corrected chi connectivity index (χ3v) is 15.8. The van der Waals surface area contributed by atoms with Gasteiger partial charge < -0.3 is 34.0 Å². The Morgan fingerprint density at radius 3 is 2.18 bits per heavy atom. The number of oxime groups is 1. The number of amides is 1. The molecule has 1 aliphatic heterocycles. The second-order valence-corrected chi connectivity index (χ2v) is 21.2. The van der Waals surface area contributed by atoms with E-state index in [2.05, 4.69) is 25.6 Å². The smallest absolute Gasteiger partial charge is 0.410 e. The van der Waals surface area contributed by atoms with Gasteiger partial charge >= 0.3 is 6.09 Å². The van der Waals surface area contributed by atoms with Crippen molar-refractivity contribution in [2.45, 2.75) is 152 Å². The average Bonchev–Trinajstić information content (AvgIpc) is 3.63. The molecular weight excluding hydrogens is 986 g/mol. The number of carbonyl (C=O) groups is 1. The number of allylic oxidation sites excluding steroid dienone is 1. The van der Waals surface area contributed by atoms with E-state index in [-0.39, 0.29) is 69.4 Å². The topological polar surface area (TPSA) is 162 Å². The van der Waals surface area contributed by atoms with Crippen LogP contribution < -0.4 is 9.47 Å². The second kappa shape index (κ2) is 29.7. The number of nitro groups is 1. The minimum atomic E-state index is -1.58. The van der Waals surface area contributed by atoms with Gasteiger partial charge in [-0.15, -0.1) is 18.3 Å². The lowest BCUT2D eigenvalue weighted by Crippen LogP contribution is -2.70. The highest BCUT2D eigenvalue weighted by molar-refractivity contribution is 7.98. The number of hydrogen-bond donors (Lipinski definition) is 2. The fourth-order valence-electron chi connectivity index (χ4n) is 11.3. The molecule has 4 aromatic rings. The van der Waals surface area contributed by atoms with Crippen LogP contribution in [0.4, 0.5) is 14.9 Å². The number of hydrogen-bond acceptors (Lipinski definition) is 12. The Morgan fingerprint density at radius 1 is 0.868 bits per heavy atom. The highest BCUT2D eigenvalue weighted by Gasteiger charge is 2.65. The molecule has 1 fully saturated rings. The lowest BCUT2D eigenvalue weighted by molar-refractivity contribution is -0.384. The first-order valence-corrected chi connectivity index (χ1v) is 28.8. The van der Waals surface area contributed by atoms with Crippen molar-refractivity contribution in [2.24, 2.45) is 22.9 Å². The summed E-state index contributed by atoms with van der Waals surface area (Å²) in [4.78, 5) is 35.2. The zero-order chi connectivity index (χ0) is 53.7. The molecule has 0 unspecified atom stereocenters. The van der Waals surface area contributed by atoms with Gasteiger partial charge in [-0.05, 0) is 134 Å². The molecule has 0 spiro atoms. The fourth-order valence-corrected chi connectivity index (χ4v) is 11.7. The van der Waals surface area contributed by atoms with Crippen LogP contribution in [0.2, 0.25) is 0 Å². The predicted octanol–water partition coefficient (Wildman–Crippen LogP) is 14.6. The summed E-state index contributed by atoms with van der Waals surface area (Å²) in [6, 6.07) is 25.1. The van der Waals surface area contributed by atoms with Crippen molar-refractivity contribution in [1.82, 2.24) is 4.90 Å². The van der Waals surface area contributed by atoms with Gasteiger partial charge in [0.25, 0.3) is 5.69 Å². The van der Waals surface area contributed by atoms with Crippen LogP contribution in [0.3, 0.4) is 0 Å². The maximum atomic E-state index is 15.1. The summed E-state index contributed by atoms with van der Waals surface area (Å²) in [5.41, 5.74) is 3.60. The molecule has 0 radical (unpaired) electrons. The first-order chi connectivity index (χ1) is 37.1. The van der Waals surface area contributed by atoms with Crippen molar-refractivity contribution in [3.8, 4) is 17.2 Å². The molecular formula is C61H78FN3O10S. The van der Waals surface area contributed by atoms with Crippen molar-refractivity contribution < 1.29 is 48.1 Å². The molecule has 0 aromatic heterocycles. The number of ether oxygens (including phenoxy) is 4. The zero-order valence-corrected chi connectivity index (χ0v) is 45.3. The average molecular weight is 1060 g/mol. The number of rotatable bonds is 32. The minimum absolute atomic E-state index is 0.00744. The minimum Gasteiger partial charge on any atom is -0.459 e. The number of halogens is 1. The molecule has 1 heterocycles. The molecule has 4 aromatic carbocycles. The highest BCUT2D eigenvalue weighted by atomic mass is 32.2. The second-order valence-electron chi connectivity index (χ2n) is 20.3. The number of nitrogens with zero attached hydrogens (tertiary/aromatic N) is 3. The van der Waals surface area contributed by atoms with Crippen molar-refractivity contribution in [3.05, 3.63) is 148 Å². The maximum absolute atomic E-state index is 15.1. The number of aliphatic hydroxyl groups is 2. The van der Waals surface area contributed by atoms with E-state index in [4.69, 9.17) is 28.9 Å². The number of fused-ring (bicyclic) bond motifs is 2. The van der Waals surface area contributed by atoms with Crippen molar-refractivity contribution in [1.29, 1.82) is 0 Å². The van der Waals surface area contributed by atoms with E-state index in [1.165, 1.54) is 62.8 Å². The number of nitro benzene ring substituents is 1. The Hall–Kier alpha value is -5.74.